The van der Waals surface area contributed by atoms with Crippen LogP contribution in [0.5, 0.6) is 0 Å². The van der Waals surface area contributed by atoms with Gasteiger partial charge in [0.25, 0.3) is 3.98 Å². The van der Waals surface area contributed by atoms with Crippen LogP contribution in [-0.2, 0) is 28.4 Å². The molecule has 0 saturated heterocycles. The van der Waals surface area contributed by atoms with Gasteiger partial charge in [0, 0.05) is 17.1 Å². The minimum atomic E-state index is -1.61. The maximum atomic E-state index is 10.5. The molecule has 0 atom stereocenters. The maximum absolute atomic E-state index is 10.5. The zero-order valence-corrected chi connectivity index (χ0v) is 14.0. The summed E-state index contributed by atoms with van der Waals surface area (Å²) < 4.78 is 3.26. The summed E-state index contributed by atoms with van der Waals surface area (Å²) in [5.74, 6) is 0.134. The summed E-state index contributed by atoms with van der Waals surface area (Å²) in [6, 6.07) is 14.9. The van der Waals surface area contributed by atoms with Crippen molar-refractivity contribution in [2.75, 3.05) is 0 Å². The number of hydrogen-bond donors (Lipinski definition) is 0. The molecule has 0 heterocycles. The first kappa shape index (κ1) is 19.7. The second-order valence-electron chi connectivity index (χ2n) is 3.76. The monoisotopic (exact) mass is 374 g/mol. The van der Waals surface area contributed by atoms with Gasteiger partial charge in [0.1, 0.15) is 5.78 Å². The van der Waals surface area contributed by atoms with E-state index in [0.717, 1.165) is 11.1 Å². The van der Waals surface area contributed by atoms with Crippen LogP contribution in [0, 0.1) is 0 Å². The number of ether oxygens (including phenoxy) is 1. The number of ketones is 1. The van der Waals surface area contributed by atoms with Crippen LogP contribution in [0.15, 0.2) is 48.5 Å². The summed E-state index contributed by atoms with van der Waals surface area (Å²) in [7, 11) is 0. The molecule has 0 N–H and O–H groups in total. The number of alkyl halides is 3. The molecule has 0 radical (unpaired) electrons. The number of halogens is 3. The smallest absolute Gasteiger partial charge is 0.294 e. The summed E-state index contributed by atoms with van der Waals surface area (Å²) in [4.78, 5) is 10.5. The molecule has 116 valence electrons. The van der Waals surface area contributed by atoms with E-state index in [1.165, 1.54) is 0 Å². The van der Waals surface area contributed by atoms with Gasteiger partial charge in [-0.2, -0.15) is 12.1 Å². The van der Waals surface area contributed by atoms with Gasteiger partial charge in [-0.1, -0.05) is 40.4 Å². The van der Waals surface area contributed by atoms with Crippen LogP contribution < -0.4 is 0 Å². The number of rotatable bonds is 3. The fourth-order valence-electron chi connectivity index (χ4n) is 1.28. The quantitative estimate of drug-likeness (QED) is 0.332. The van der Waals surface area contributed by atoms with Crippen molar-refractivity contribution in [3.8, 4) is 0 Å². The predicted octanol–water partition coefficient (Wildman–Crippen LogP) is 4.86. The van der Waals surface area contributed by atoms with Crippen LogP contribution in [-0.4, -0.2) is 9.76 Å². The first-order valence-electron chi connectivity index (χ1n) is 5.52. The van der Waals surface area contributed by atoms with Crippen molar-refractivity contribution in [2.45, 2.75) is 17.5 Å². The van der Waals surface area contributed by atoms with Gasteiger partial charge in [0.15, 0.2) is 0 Å². The van der Waals surface area contributed by atoms with Gasteiger partial charge in [0.05, 0.1) is 0 Å². The molecule has 0 amide bonds. The molecule has 0 spiro atoms. The molecule has 0 bridgehead atoms. The first-order chi connectivity index (χ1) is 8.88. The molecule has 0 fully saturated rings. The molecule has 0 aliphatic carbocycles. The third-order valence-corrected chi connectivity index (χ3v) is 2.53. The Balaban J connectivity index is 0.000000359. The van der Waals surface area contributed by atoms with Crippen LogP contribution in [0.2, 0.25) is 0 Å². The molecule has 0 unspecified atom stereocenters. The average Bonchev–Trinajstić information content (AvgIpc) is 3.00. The molecule has 2 nitrogen and oxygen atoms in total. The number of hydrogen-bond acceptors (Lipinski definition) is 2. The Kier molecular flexibility index (Phi) is 9.48. The molecule has 0 aliphatic heterocycles. The Hall–Kier alpha value is -0.281. The number of Topliss-reactive ketones (excluding diaryl/α,β-unsaturated/α-hetero) is 1. The van der Waals surface area contributed by atoms with Gasteiger partial charge < -0.3 is 39.4 Å². The van der Waals surface area contributed by atoms with Crippen molar-refractivity contribution in [1.29, 1.82) is 0 Å². The van der Waals surface area contributed by atoms with E-state index in [0.29, 0.717) is 6.61 Å². The van der Waals surface area contributed by atoms with Crippen LogP contribution in [0.25, 0.3) is 0 Å². The minimum Gasteiger partial charge on any atom is -0.747 e. The van der Waals surface area contributed by atoms with Gasteiger partial charge >= 0.3 is 0 Å². The Bertz CT molecular complexity index is 473. The molecular weight excluding hydrogens is 362 g/mol. The molecule has 0 aromatic heterocycles. The average molecular weight is 375 g/mol. The van der Waals surface area contributed by atoms with Crippen molar-refractivity contribution in [3.63, 3.8) is 0 Å². The summed E-state index contributed by atoms with van der Waals surface area (Å²) in [6.07, 6.45) is 0. The van der Waals surface area contributed by atoms with E-state index in [-0.39, 0.29) is 22.9 Å². The second-order valence-corrected chi connectivity index (χ2v) is 5.93. The summed E-state index contributed by atoms with van der Waals surface area (Å²) in [6.45, 7) is 1.89. The normalized spacial score (nSPS) is 10.2. The predicted molar refractivity (Wildman–Crippen MR) is 79.2 cm³/mol. The van der Waals surface area contributed by atoms with E-state index >= 15 is 0 Å². The Morgan fingerprint density at radius 2 is 1.70 bits per heavy atom. The van der Waals surface area contributed by atoms with Gasteiger partial charge in [-0.3, -0.25) is 0 Å². The molecule has 0 saturated carbocycles. The minimum absolute atomic E-state index is 0. The molecular formula is C14H13Cl3FeO2-6. The summed E-state index contributed by atoms with van der Waals surface area (Å²) in [5.41, 5.74) is 1.79. The Morgan fingerprint density at radius 1 is 1.20 bits per heavy atom. The van der Waals surface area contributed by atoms with E-state index in [2.05, 4.69) is 0 Å². The van der Waals surface area contributed by atoms with Crippen molar-refractivity contribution in [2.24, 2.45) is 0 Å². The van der Waals surface area contributed by atoms with Crippen LogP contribution in [0.1, 0.15) is 22.8 Å². The molecule has 20 heavy (non-hydrogen) atoms. The van der Waals surface area contributed by atoms with E-state index in [4.69, 9.17) is 39.5 Å². The van der Waals surface area contributed by atoms with E-state index in [1.807, 2.05) is 48.5 Å². The van der Waals surface area contributed by atoms with Crippen molar-refractivity contribution in [1.82, 2.24) is 0 Å². The van der Waals surface area contributed by atoms with Crippen molar-refractivity contribution >= 4 is 40.6 Å². The van der Waals surface area contributed by atoms with Crippen molar-refractivity contribution in [3.05, 3.63) is 59.7 Å². The van der Waals surface area contributed by atoms with Crippen LogP contribution >= 0.6 is 34.8 Å². The fraction of sp³-hybridized carbons (Fsp3) is 0.214. The third kappa shape index (κ3) is 8.80. The standard InChI is InChI=1S/C7H6Cl3O.C7H7O.Fe/c8-7(9,10)11-5-6-3-1-2-4-6;1-6(8)7-4-2-3-5-7;/h1-4H,5H2;2-5H,1H3;/q-5;-1;. The molecule has 2 aromatic rings. The van der Waals surface area contributed by atoms with Gasteiger partial charge in [-0.05, 0) is 6.92 Å². The largest absolute Gasteiger partial charge is 0.747 e. The van der Waals surface area contributed by atoms with Crippen molar-refractivity contribution < 1.29 is 26.6 Å². The van der Waals surface area contributed by atoms with E-state index in [9.17, 15) is 4.79 Å². The Labute approximate surface area is 144 Å². The zero-order chi connectivity index (χ0) is 14.3. The molecule has 6 heteroatoms. The van der Waals surface area contributed by atoms with Gasteiger partial charge in [-0.25, -0.2) is 12.1 Å². The first-order valence-corrected chi connectivity index (χ1v) is 6.66. The summed E-state index contributed by atoms with van der Waals surface area (Å²) in [5, 5.41) is 0. The van der Waals surface area contributed by atoms with Crippen LogP contribution in [0.4, 0.5) is 0 Å². The molecule has 2 rings (SSSR count). The van der Waals surface area contributed by atoms with E-state index < -0.39 is 3.98 Å². The number of carbonyl (C=O) groups is 1. The zero-order valence-electron chi connectivity index (χ0n) is 10.6. The number of carbonyl (C=O) groups excluding carboxylic acids is 1. The fourth-order valence-corrected chi connectivity index (χ4v) is 1.45. The Morgan fingerprint density at radius 3 is 2.05 bits per heavy atom. The molecule has 0 aliphatic rings. The summed E-state index contributed by atoms with van der Waals surface area (Å²) >= 11 is 16.1. The molecule has 2 aromatic carbocycles. The van der Waals surface area contributed by atoms with Crippen LogP contribution in [0.3, 0.4) is 0 Å². The SMILES string of the molecule is CC(=O)[c-]1cccc1.ClC(Cl)(Cl)OC[c-]1[cH-][cH-][cH-][cH-]1.[Fe]. The second kappa shape index (κ2) is 9.62. The third-order valence-electron chi connectivity index (χ3n) is 2.20. The van der Waals surface area contributed by atoms with Gasteiger partial charge in [-0.15, -0.1) is 6.61 Å². The van der Waals surface area contributed by atoms with Gasteiger partial charge in [0.2, 0.25) is 0 Å². The topological polar surface area (TPSA) is 26.3 Å². The van der Waals surface area contributed by atoms with E-state index in [1.54, 1.807) is 6.92 Å². The maximum Gasteiger partial charge on any atom is 0.294 e.